The molecule has 1 fully saturated rings. The minimum atomic E-state index is -1.07. The number of benzene rings is 2. The van der Waals surface area contributed by atoms with Crippen molar-refractivity contribution in [1.29, 1.82) is 0 Å². The number of aromatic nitrogens is 1. The molecule has 2 heterocycles. The maximum absolute atomic E-state index is 12.7. The van der Waals surface area contributed by atoms with Gasteiger partial charge in [-0.05, 0) is 36.5 Å². The van der Waals surface area contributed by atoms with Crippen LogP contribution in [0, 0.1) is 12.8 Å². The van der Waals surface area contributed by atoms with Crippen LogP contribution in [0.1, 0.15) is 29.9 Å². The number of rotatable bonds is 7. The minimum absolute atomic E-state index is 0.0970. The lowest BCUT2D eigenvalue weighted by atomic mass is 10.0. The van der Waals surface area contributed by atoms with Crippen molar-refractivity contribution in [1.82, 2.24) is 9.88 Å². The minimum Gasteiger partial charge on any atom is -0.480 e. The number of carbonyl (C=O) groups excluding carboxylic acids is 1. The largest absolute Gasteiger partial charge is 0.480 e. The number of amides is 1. The number of halogens is 1. The van der Waals surface area contributed by atoms with Gasteiger partial charge in [-0.2, -0.15) is 0 Å². The number of carbonyl (C=O) groups is 2. The van der Waals surface area contributed by atoms with Gasteiger partial charge in [-0.15, -0.1) is 11.3 Å². The van der Waals surface area contributed by atoms with Crippen LogP contribution >= 0.6 is 22.9 Å². The molecule has 190 valence electrons. The Morgan fingerprint density at radius 2 is 1.94 bits per heavy atom. The summed E-state index contributed by atoms with van der Waals surface area (Å²) in [5.74, 6) is -0.637. The van der Waals surface area contributed by atoms with Gasteiger partial charge in [-0.25, -0.2) is 14.6 Å². The molecule has 9 heteroatoms. The maximum atomic E-state index is 12.7. The van der Waals surface area contributed by atoms with E-state index in [0.717, 1.165) is 38.8 Å². The first-order valence-electron chi connectivity index (χ1n) is 11.9. The van der Waals surface area contributed by atoms with Gasteiger partial charge in [-0.3, -0.25) is 4.90 Å². The van der Waals surface area contributed by atoms with E-state index < -0.39 is 18.1 Å². The van der Waals surface area contributed by atoms with Crippen molar-refractivity contribution in [2.45, 2.75) is 39.8 Å². The summed E-state index contributed by atoms with van der Waals surface area (Å²) in [6.45, 7) is 7.21. The van der Waals surface area contributed by atoms with Gasteiger partial charge in [-0.1, -0.05) is 67.9 Å². The molecule has 3 aromatic rings. The Hall–Kier alpha value is -3.10. The number of aliphatic carboxylic acids is 1. The third-order valence-corrected chi connectivity index (χ3v) is 7.65. The maximum Gasteiger partial charge on any atom is 0.410 e. The second-order valence-corrected chi connectivity index (χ2v) is 10.8. The summed E-state index contributed by atoms with van der Waals surface area (Å²) in [5.41, 5.74) is 3.67. The van der Waals surface area contributed by atoms with Crippen LogP contribution in [0.3, 0.4) is 0 Å². The lowest BCUT2D eigenvalue weighted by Gasteiger charge is -2.38. The molecule has 1 unspecified atom stereocenters. The van der Waals surface area contributed by atoms with Crippen molar-refractivity contribution in [3.05, 3.63) is 69.6 Å². The first-order valence-corrected chi connectivity index (χ1v) is 13.1. The fourth-order valence-corrected chi connectivity index (χ4v) is 5.65. The number of carboxylic acids is 1. The summed E-state index contributed by atoms with van der Waals surface area (Å²) in [6, 6.07) is 14.2. The van der Waals surface area contributed by atoms with Crippen LogP contribution < -0.4 is 4.90 Å². The highest BCUT2D eigenvalue weighted by Crippen LogP contribution is 2.37. The van der Waals surface area contributed by atoms with Crippen LogP contribution in [0.5, 0.6) is 0 Å². The quantitative estimate of drug-likeness (QED) is 0.413. The van der Waals surface area contributed by atoms with Gasteiger partial charge in [0.05, 0.1) is 12.2 Å². The first kappa shape index (κ1) is 26.0. The van der Waals surface area contributed by atoms with E-state index in [1.807, 2.05) is 60.4 Å². The zero-order valence-corrected chi connectivity index (χ0v) is 22.2. The highest BCUT2D eigenvalue weighted by Gasteiger charge is 2.37. The van der Waals surface area contributed by atoms with Crippen LogP contribution in [0.2, 0.25) is 5.02 Å². The molecule has 4 rings (SSSR count). The molecule has 7 nitrogen and oxygen atoms in total. The van der Waals surface area contributed by atoms with E-state index in [9.17, 15) is 14.7 Å². The second-order valence-electron chi connectivity index (χ2n) is 9.36. The Labute approximate surface area is 220 Å². The number of thiazole rings is 1. The molecule has 0 radical (unpaired) electrons. The predicted molar refractivity (Wildman–Crippen MR) is 143 cm³/mol. The zero-order valence-electron chi connectivity index (χ0n) is 20.6. The van der Waals surface area contributed by atoms with Crippen molar-refractivity contribution in [3.63, 3.8) is 0 Å². The van der Waals surface area contributed by atoms with Crippen molar-refractivity contribution in [2.24, 2.45) is 5.92 Å². The average molecular weight is 528 g/mol. The van der Waals surface area contributed by atoms with E-state index >= 15 is 0 Å². The molecule has 1 aliphatic rings. The normalized spacial score (nSPS) is 15.9. The monoisotopic (exact) mass is 527 g/mol. The van der Waals surface area contributed by atoms with Gasteiger partial charge in [0, 0.05) is 28.6 Å². The van der Waals surface area contributed by atoms with E-state index in [0.29, 0.717) is 17.5 Å². The highest BCUT2D eigenvalue weighted by atomic mass is 35.5. The lowest BCUT2D eigenvalue weighted by molar-refractivity contribution is -0.142. The molecule has 1 saturated heterocycles. The van der Waals surface area contributed by atoms with Crippen LogP contribution in [0.4, 0.5) is 9.93 Å². The van der Waals surface area contributed by atoms with E-state index in [2.05, 4.69) is 13.8 Å². The summed E-state index contributed by atoms with van der Waals surface area (Å²) in [7, 11) is 0. The molecular weight excluding hydrogens is 498 g/mol. The van der Waals surface area contributed by atoms with Gasteiger partial charge >= 0.3 is 12.1 Å². The molecule has 0 bridgehead atoms. The van der Waals surface area contributed by atoms with Gasteiger partial charge in [0.25, 0.3) is 0 Å². The number of hydrogen-bond donors (Lipinski definition) is 1. The summed E-state index contributed by atoms with van der Waals surface area (Å²) in [5, 5.41) is 11.4. The van der Waals surface area contributed by atoms with Crippen LogP contribution in [0.25, 0.3) is 11.3 Å². The number of anilines is 1. The standard InChI is InChI=1S/C27H30ClN3O4S/c1-17(2)13-23-24(20-10-9-18(3)21(28)14-20)29-26(36-23)30-11-12-31(22(15-30)25(32)33)27(34)35-16-19-7-5-4-6-8-19/h4-10,14,17,22H,11-13,15-16H2,1-3H3,(H,32,33). The molecule has 0 aliphatic carbocycles. The summed E-state index contributed by atoms with van der Waals surface area (Å²) < 4.78 is 5.41. The van der Waals surface area contributed by atoms with Crippen molar-refractivity contribution < 1.29 is 19.4 Å². The van der Waals surface area contributed by atoms with Crippen molar-refractivity contribution in [3.8, 4) is 11.3 Å². The fourth-order valence-electron chi connectivity index (χ4n) is 4.14. The summed E-state index contributed by atoms with van der Waals surface area (Å²) in [4.78, 5) is 34.2. The van der Waals surface area contributed by atoms with E-state index in [1.54, 1.807) is 11.3 Å². The number of piperazine rings is 1. The Morgan fingerprint density at radius 3 is 2.61 bits per heavy atom. The highest BCUT2D eigenvalue weighted by molar-refractivity contribution is 7.16. The smallest absolute Gasteiger partial charge is 0.410 e. The van der Waals surface area contributed by atoms with E-state index in [1.165, 1.54) is 4.90 Å². The number of nitrogens with zero attached hydrogens (tertiary/aromatic N) is 3. The third-order valence-electron chi connectivity index (χ3n) is 6.10. The number of carboxylic acid groups (broad SMARTS) is 1. The van der Waals surface area contributed by atoms with Gasteiger partial charge in [0.15, 0.2) is 5.13 Å². The van der Waals surface area contributed by atoms with Crippen LogP contribution in [0.15, 0.2) is 48.5 Å². The molecule has 36 heavy (non-hydrogen) atoms. The molecule has 1 aliphatic heterocycles. The van der Waals surface area contributed by atoms with Crippen LogP contribution in [-0.4, -0.2) is 52.7 Å². The molecule has 1 atom stereocenters. The fraction of sp³-hybridized carbons (Fsp3) is 0.370. The zero-order chi connectivity index (χ0) is 25.8. The molecule has 2 aromatic carbocycles. The molecule has 1 N–H and O–H groups in total. The second kappa shape index (κ2) is 11.3. The van der Waals surface area contributed by atoms with Gasteiger partial charge in [0.2, 0.25) is 0 Å². The number of aryl methyl sites for hydroxylation is 1. The topological polar surface area (TPSA) is 83.0 Å². The SMILES string of the molecule is Cc1ccc(-c2nc(N3CCN(C(=O)OCc4ccccc4)C(C(=O)O)C3)sc2CC(C)C)cc1Cl. The average Bonchev–Trinajstić information content (AvgIpc) is 3.27. The number of hydrogen-bond acceptors (Lipinski definition) is 6. The van der Waals surface area contributed by atoms with Gasteiger partial charge < -0.3 is 14.7 Å². The van der Waals surface area contributed by atoms with Crippen LogP contribution in [-0.2, 0) is 22.6 Å². The molecule has 0 spiro atoms. The van der Waals surface area contributed by atoms with E-state index in [4.69, 9.17) is 21.3 Å². The lowest BCUT2D eigenvalue weighted by Crippen LogP contribution is -2.58. The Morgan fingerprint density at radius 1 is 1.19 bits per heavy atom. The Bertz CT molecular complexity index is 1230. The van der Waals surface area contributed by atoms with Crippen molar-refractivity contribution in [2.75, 3.05) is 24.5 Å². The van der Waals surface area contributed by atoms with E-state index in [-0.39, 0.29) is 19.7 Å². The summed E-state index contributed by atoms with van der Waals surface area (Å²) >= 11 is 7.97. The molecule has 1 amide bonds. The van der Waals surface area contributed by atoms with Gasteiger partial charge in [0.1, 0.15) is 12.6 Å². The third kappa shape index (κ3) is 5.99. The molecular formula is C27H30ClN3O4S. The molecule has 1 aromatic heterocycles. The summed E-state index contributed by atoms with van der Waals surface area (Å²) in [6.07, 6.45) is 0.229. The Kier molecular flexibility index (Phi) is 8.16. The predicted octanol–water partition coefficient (Wildman–Crippen LogP) is 5.88. The molecule has 0 saturated carbocycles. The Balaban J connectivity index is 1.53. The number of ether oxygens (including phenoxy) is 1. The van der Waals surface area contributed by atoms with Crippen molar-refractivity contribution >= 4 is 40.1 Å². The first-order chi connectivity index (χ1) is 17.2.